The first-order chi connectivity index (χ1) is 6.16. The van der Waals surface area contributed by atoms with Crippen LogP contribution in [0.15, 0.2) is 0 Å². The summed E-state index contributed by atoms with van der Waals surface area (Å²) < 4.78 is 0. The molecule has 2 atom stereocenters. The molecule has 0 heterocycles. The summed E-state index contributed by atoms with van der Waals surface area (Å²) in [5.74, 6) is 0.934. The SMILES string of the molecule is CCC(C)C(N)C(=O)C1CCCC1. The lowest BCUT2D eigenvalue weighted by Crippen LogP contribution is -2.39. The Hall–Kier alpha value is -0.370. The summed E-state index contributed by atoms with van der Waals surface area (Å²) in [7, 11) is 0. The van der Waals surface area contributed by atoms with Gasteiger partial charge >= 0.3 is 0 Å². The number of rotatable bonds is 4. The monoisotopic (exact) mass is 183 g/mol. The Balaban J connectivity index is 2.45. The van der Waals surface area contributed by atoms with Crippen molar-refractivity contribution >= 4 is 5.78 Å². The quantitative estimate of drug-likeness (QED) is 0.725. The zero-order chi connectivity index (χ0) is 9.84. The van der Waals surface area contributed by atoms with Crippen LogP contribution in [0, 0.1) is 11.8 Å². The maximum Gasteiger partial charge on any atom is 0.152 e. The standard InChI is InChI=1S/C11H21NO/c1-3-8(2)10(12)11(13)9-6-4-5-7-9/h8-10H,3-7,12H2,1-2H3. The van der Waals surface area contributed by atoms with Gasteiger partial charge in [0.2, 0.25) is 0 Å². The van der Waals surface area contributed by atoms with Gasteiger partial charge < -0.3 is 5.73 Å². The van der Waals surface area contributed by atoms with Gasteiger partial charge in [0, 0.05) is 5.92 Å². The zero-order valence-electron chi connectivity index (χ0n) is 8.75. The van der Waals surface area contributed by atoms with Crippen LogP contribution in [0.4, 0.5) is 0 Å². The lowest BCUT2D eigenvalue weighted by Gasteiger charge is -2.20. The molecular formula is C11H21NO. The fourth-order valence-corrected chi connectivity index (χ4v) is 2.02. The summed E-state index contributed by atoms with van der Waals surface area (Å²) in [4.78, 5) is 11.8. The van der Waals surface area contributed by atoms with Crippen molar-refractivity contribution in [3.63, 3.8) is 0 Å². The molecule has 76 valence electrons. The van der Waals surface area contributed by atoms with E-state index in [4.69, 9.17) is 5.73 Å². The molecule has 0 amide bonds. The molecule has 1 saturated carbocycles. The Kier molecular flexibility index (Phi) is 3.91. The van der Waals surface area contributed by atoms with E-state index in [1.54, 1.807) is 0 Å². The lowest BCUT2D eigenvalue weighted by molar-refractivity contribution is -0.125. The van der Waals surface area contributed by atoms with Crippen molar-refractivity contribution in [3.05, 3.63) is 0 Å². The number of Topliss-reactive ketones (excluding diaryl/α,β-unsaturated/α-hetero) is 1. The fourth-order valence-electron chi connectivity index (χ4n) is 2.02. The molecule has 0 aromatic carbocycles. The second-order valence-electron chi connectivity index (χ2n) is 4.30. The molecule has 1 aliphatic rings. The smallest absolute Gasteiger partial charge is 0.152 e. The van der Waals surface area contributed by atoms with Gasteiger partial charge in [0.15, 0.2) is 5.78 Å². The van der Waals surface area contributed by atoms with E-state index in [0.29, 0.717) is 11.7 Å². The number of hydrogen-bond acceptors (Lipinski definition) is 2. The zero-order valence-corrected chi connectivity index (χ0v) is 8.75. The van der Waals surface area contributed by atoms with Crippen molar-refractivity contribution < 1.29 is 4.79 Å². The summed E-state index contributed by atoms with van der Waals surface area (Å²) in [6, 6.07) is -0.215. The molecule has 0 saturated heterocycles. The van der Waals surface area contributed by atoms with Crippen molar-refractivity contribution in [2.24, 2.45) is 17.6 Å². The molecule has 0 spiro atoms. The Morgan fingerprint density at radius 2 is 2.00 bits per heavy atom. The average Bonchev–Trinajstić information content (AvgIpc) is 2.67. The Labute approximate surface area is 80.9 Å². The molecule has 0 aromatic heterocycles. The van der Waals surface area contributed by atoms with Gasteiger partial charge in [0.25, 0.3) is 0 Å². The Morgan fingerprint density at radius 3 is 2.46 bits per heavy atom. The van der Waals surface area contributed by atoms with Crippen LogP contribution < -0.4 is 5.73 Å². The molecule has 1 aliphatic carbocycles. The molecule has 0 bridgehead atoms. The van der Waals surface area contributed by atoms with E-state index in [0.717, 1.165) is 19.3 Å². The lowest BCUT2D eigenvalue weighted by atomic mass is 9.88. The number of ketones is 1. The van der Waals surface area contributed by atoms with Crippen molar-refractivity contribution in [2.75, 3.05) is 0 Å². The highest BCUT2D eigenvalue weighted by Crippen LogP contribution is 2.27. The van der Waals surface area contributed by atoms with Crippen LogP contribution in [0.3, 0.4) is 0 Å². The molecular weight excluding hydrogens is 162 g/mol. The number of hydrogen-bond donors (Lipinski definition) is 1. The highest BCUT2D eigenvalue weighted by molar-refractivity contribution is 5.86. The third-order valence-corrected chi connectivity index (χ3v) is 3.34. The topological polar surface area (TPSA) is 43.1 Å². The van der Waals surface area contributed by atoms with Crippen LogP contribution in [0.5, 0.6) is 0 Å². The van der Waals surface area contributed by atoms with E-state index >= 15 is 0 Å². The molecule has 2 nitrogen and oxygen atoms in total. The molecule has 13 heavy (non-hydrogen) atoms. The van der Waals surface area contributed by atoms with Gasteiger partial charge in [-0.3, -0.25) is 4.79 Å². The van der Waals surface area contributed by atoms with Gasteiger partial charge in [0.05, 0.1) is 6.04 Å². The predicted octanol–water partition coefficient (Wildman–Crippen LogP) is 2.12. The normalized spacial score (nSPS) is 23.0. The fraction of sp³-hybridized carbons (Fsp3) is 0.909. The van der Waals surface area contributed by atoms with E-state index in [1.165, 1.54) is 12.8 Å². The maximum absolute atomic E-state index is 11.8. The van der Waals surface area contributed by atoms with Gasteiger partial charge in [-0.25, -0.2) is 0 Å². The predicted molar refractivity (Wildman–Crippen MR) is 54.4 cm³/mol. The number of carbonyl (C=O) groups is 1. The van der Waals surface area contributed by atoms with Crippen LogP contribution in [0.25, 0.3) is 0 Å². The summed E-state index contributed by atoms with van der Waals surface area (Å²) in [6.07, 6.45) is 5.57. The summed E-state index contributed by atoms with van der Waals surface area (Å²) in [5.41, 5.74) is 5.90. The van der Waals surface area contributed by atoms with Crippen LogP contribution in [-0.2, 0) is 4.79 Å². The van der Waals surface area contributed by atoms with Crippen molar-refractivity contribution in [2.45, 2.75) is 52.0 Å². The second-order valence-corrected chi connectivity index (χ2v) is 4.30. The molecule has 0 radical (unpaired) electrons. The number of nitrogens with two attached hydrogens (primary N) is 1. The minimum Gasteiger partial charge on any atom is -0.321 e. The number of carbonyl (C=O) groups excluding carboxylic acids is 1. The first-order valence-corrected chi connectivity index (χ1v) is 5.46. The first-order valence-electron chi connectivity index (χ1n) is 5.46. The molecule has 1 fully saturated rings. The summed E-state index contributed by atoms with van der Waals surface area (Å²) in [6.45, 7) is 4.16. The van der Waals surface area contributed by atoms with Crippen LogP contribution in [0.2, 0.25) is 0 Å². The van der Waals surface area contributed by atoms with E-state index < -0.39 is 0 Å². The van der Waals surface area contributed by atoms with Crippen LogP contribution in [-0.4, -0.2) is 11.8 Å². The highest BCUT2D eigenvalue weighted by atomic mass is 16.1. The van der Waals surface area contributed by atoms with Crippen molar-refractivity contribution in [3.8, 4) is 0 Å². The highest BCUT2D eigenvalue weighted by Gasteiger charge is 2.29. The van der Waals surface area contributed by atoms with Gasteiger partial charge in [0.1, 0.15) is 0 Å². The first kappa shape index (κ1) is 10.7. The van der Waals surface area contributed by atoms with E-state index in [1.807, 2.05) is 0 Å². The van der Waals surface area contributed by atoms with Gasteiger partial charge in [-0.05, 0) is 18.8 Å². The van der Waals surface area contributed by atoms with Gasteiger partial charge in [-0.15, -0.1) is 0 Å². The minimum atomic E-state index is -0.215. The maximum atomic E-state index is 11.8. The average molecular weight is 183 g/mol. The largest absolute Gasteiger partial charge is 0.321 e. The van der Waals surface area contributed by atoms with E-state index in [9.17, 15) is 4.79 Å². The van der Waals surface area contributed by atoms with Gasteiger partial charge in [-0.1, -0.05) is 33.1 Å². The molecule has 2 unspecified atom stereocenters. The minimum absolute atomic E-state index is 0.215. The Bertz CT molecular complexity index is 173. The molecule has 2 heteroatoms. The van der Waals surface area contributed by atoms with Crippen molar-refractivity contribution in [1.29, 1.82) is 0 Å². The molecule has 2 N–H and O–H groups in total. The van der Waals surface area contributed by atoms with Crippen molar-refractivity contribution in [1.82, 2.24) is 0 Å². The summed E-state index contributed by atoms with van der Waals surface area (Å²) in [5, 5.41) is 0. The summed E-state index contributed by atoms with van der Waals surface area (Å²) >= 11 is 0. The third-order valence-electron chi connectivity index (χ3n) is 3.34. The second kappa shape index (κ2) is 4.75. The van der Waals surface area contributed by atoms with Gasteiger partial charge in [-0.2, -0.15) is 0 Å². The van der Waals surface area contributed by atoms with Crippen LogP contribution >= 0.6 is 0 Å². The molecule has 0 aromatic rings. The molecule has 1 rings (SSSR count). The molecule has 0 aliphatic heterocycles. The van der Waals surface area contributed by atoms with E-state index in [-0.39, 0.29) is 12.0 Å². The van der Waals surface area contributed by atoms with Crippen LogP contribution in [0.1, 0.15) is 46.0 Å². The third kappa shape index (κ3) is 2.53. The Morgan fingerprint density at radius 1 is 1.46 bits per heavy atom. The van der Waals surface area contributed by atoms with E-state index in [2.05, 4.69) is 13.8 Å².